The van der Waals surface area contributed by atoms with Gasteiger partial charge in [-0.3, -0.25) is 4.90 Å². The first-order valence-corrected chi connectivity index (χ1v) is 7.01. The lowest BCUT2D eigenvalue weighted by Gasteiger charge is -2.28. The summed E-state index contributed by atoms with van der Waals surface area (Å²) in [6.45, 7) is 5.44. The summed E-state index contributed by atoms with van der Waals surface area (Å²) in [4.78, 5) is 16.3. The number of anilines is 1. The average molecular weight is 310 g/mol. The number of rotatable bonds is 1. The number of carbonyl (C=O) groups is 1. The Hall–Kier alpha value is -1.07. The van der Waals surface area contributed by atoms with Gasteiger partial charge in [-0.25, -0.2) is 4.79 Å². The number of carbonyl (C=O) groups excluding carboxylic acids is 1. The molecular weight excluding hydrogens is 294 g/mol. The highest BCUT2D eigenvalue weighted by molar-refractivity contribution is 9.10. The summed E-state index contributed by atoms with van der Waals surface area (Å²) in [6, 6.07) is 6.52. The summed E-state index contributed by atoms with van der Waals surface area (Å²) in [5, 5.41) is 3.34. The first kappa shape index (κ1) is 12.0. The van der Waals surface area contributed by atoms with Crippen molar-refractivity contribution in [1.82, 2.24) is 10.2 Å². The lowest BCUT2D eigenvalue weighted by Crippen LogP contribution is -2.49. The topological polar surface area (TPSA) is 35.6 Å². The van der Waals surface area contributed by atoms with Gasteiger partial charge in [0.05, 0.1) is 6.04 Å². The van der Waals surface area contributed by atoms with Crippen molar-refractivity contribution in [2.45, 2.75) is 13.0 Å². The van der Waals surface area contributed by atoms with Crippen molar-refractivity contribution in [3.8, 4) is 0 Å². The van der Waals surface area contributed by atoms with Crippen LogP contribution in [0.25, 0.3) is 0 Å². The molecule has 1 aromatic rings. The van der Waals surface area contributed by atoms with E-state index >= 15 is 0 Å². The van der Waals surface area contributed by atoms with Crippen molar-refractivity contribution < 1.29 is 4.79 Å². The molecule has 0 saturated carbocycles. The summed E-state index contributed by atoms with van der Waals surface area (Å²) < 4.78 is 1.05. The number of aryl methyl sites for hydroxylation is 1. The summed E-state index contributed by atoms with van der Waals surface area (Å²) in [7, 11) is 0. The number of piperazine rings is 1. The van der Waals surface area contributed by atoms with Crippen LogP contribution >= 0.6 is 15.9 Å². The molecule has 0 radical (unpaired) electrons. The summed E-state index contributed by atoms with van der Waals surface area (Å²) in [5.41, 5.74) is 2.16. The molecule has 0 aromatic heterocycles. The van der Waals surface area contributed by atoms with Crippen molar-refractivity contribution in [3.05, 3.63) is 28.2 Å². The van der Waals surface area contributed by atoms with Crippen molar-refractivity contribution in [2.24, 2.45) is 0 Å². The third-order valence-electron chi connectivity index (χ3n) is 3.67. The van der Waals surface area contributed by atoms with Gasteiger partial charge in [0, 0.05) is 36.3 Å². The predicted octanol–water partition coefficient (Wildman–Crippen LogP) is 1.97. The highest BCUT2D eigenvalue weighted by atomic mass is 79.9. The van der Waals surface area contributed by atoms with Crippen LogP contribution < -0.4 is 10.2 Å². The second-order valence-corrected chi connectivity index (χ2v) is 5.79. The molecule has 96 valence electrons. The minimum absolute atomic E-state index is 0.145. The van der Waals surface area contributed by atoms with Crippen LogP contribution in [0.2, 0.25) is 0 Å². The monoisotopic (exact) mass is 309 g/mol. The minimum Gasteiger partial charge on any atom is -0.317 e. The molecule has 2 fully saturated rings. The lowest BCUT2D eigenvalue weighted by molar-refractivity contribution is 0.193. The molecule has 1 unspecified atom stereocenters. The molecule has 3 rings (SSSR count). The number of hydrogen-bond acceptors (Lipinski definition) is 2. The van der Waals surface area contributed by atoms with E-state index in [1.54, 1.807) is 0 Å². The molecular formula is C13H16BrN3O. The van der Waals surface area contributed by atoms with E-state index in [1.807, 2.05) is 28.9 Å². The van der Waals surface area contributed by atoms with Crippen LogP contribution in [0.1, 0.15) is 5.56 Å². The van der Waals surface area contributed by atoms with Crippen molar-refractivity contribution >= 4 is 27.6 Å². The number of amides is 2. The molecule has 18 heavy (non-hydrogen) atoms. The van der Waals surface area contributed by atoms with E-state index in [0.717, 1.165) is 41.9 Å². The smallest absolute Gasteiger partial charge is 0.317 e. The Labute approximate surface area is 115 Å². The van der Waals surface area contributed by atoms with Crippen LogP contribution in [0.4, 0.5) is 10.5 Å². The Morgan fingerprint density at radius 1 is 1.44 bits per heavy atom. The predicted molar refractivity (Wildman–Crippen MR) is 75.0 cm³/mol. The SMILES string of the molecule is Cc1cc(Br)ccc1N1CC2CNCCN2C1=O. The first-order chi connectivity index (χ1) is 8.66. The molecule has 2 amide bonds. The van der Waals surface area contributed by atoms with Gasteiger partial charge in [0.1, 0.15) is 0 Å². The normalized spacial score (nSPS) is 23.4. The second-order valence-electron chi connectivity index (χ2n) is 4.88. The fourth-order valence-corrected chi connectivity index (χ4v) is 3.22. The Kier molecular flexibility index (Phi) is 3.03. The number of nitrogens with zero attached hydrogens (tertiary/aromatic N) is 2. The zero-order valence-corrected chi connectivity index (χ0v) is 11.9. The number of hydrogen-bond donors (Lipinski definition) is 1. The van der Waals surface area contributed by atoms with E-state index in [1.165, 1.54) is 0 Å². The van der Waals surface area contributed by atoms with Crippen LogP contribution in [0, 0.1) is 6.92 Å². The Morgan fingerprint density at radius 2 is 2.28 bits per heavy atom. The van der Waals surface area contributed by atoms with E-state index in [4.69, 9.17) is 0 Å². The molecule has 1 atom stereocenters. The van der Waals surface area contributed by atoms with Crippen molar-refractivity contribution in [2.75, 3.05) is 31.1 Å². The van der Waals surface area contributed by atoms with E-state index in [0.29, 0.717) is 6.04 Å². The van der Waals surface area contributed by atoms with Gasteiger partial charge in [0.2, 0.25) is 0 Å². The Bertz CT molecular complexity index is 491. The summed E-state index contributed by atoms with van der Waals surface area (Å²) in [5.74, 6) is 0. The van der Waals surface area contributed by atoms with Gasteiger partial charge in [-0.15, -0.1) is 0 Å². The van der Waals surface area contributed by atoms with Crippen LogP contribution in [0.5, 0.6) is 0 Å². The van der Waals surface area contributed by atoms with E-state index < -0.39 is 0 Å². The number of nitrogens with one attached hydrogen (secondary N) is 1. The van der Waals surface area contributed by atoms with Gasteiger partial charge in [0.25, 0.3) is 0 Å². The maximum absolute atomic E-state index is 12.4. The molecule has 5 heteroatoms. The largest absolute Gasteiger partial charge is 0.324 e. The zero-order chi connectivity index (χ0) is 12.7. The highest BCUT2D eigenvalue weighted by Gasteiger charge is 2.39. The van der Waals surface area contributed by atoms with Gasteiger partial charge in [-0.05, 0) is 30.7 Å². The van der Waals surface area contributed by atoms with E-state index in [9.17, 15) is 4.79 Å². The van der Waals surface area contributed by atoms with Gasteiger partial charge in [0.15, 0.2) is 0 Å². The molecule has 4 nitrogen and oxygen atoms in total. The Balaban J connectivity index is 1.91. The molecule has 2 heterocycles. The molecule has 2 saturated heterocycles. The van der Waals surface area contributed by atoms with Gasteiger partial charge in [-0.2, -0.15) is 0 Å². The standard InChI is InChI=1S/C13H16BrN3O/c1-9-6-10(14)2-3-12(9)17-8-11-7-15-4-5-16(11)13(17)18/h2-3,6,11,15H,4-5,7-8H2,1H3. The van der Waals surface area contributed by atoms with Crippen LogP contribution in [-0.4, -0.2) is 43.2 Å². The zero-order valence-electron chi connectivity index (χ0n) is 10.3. The fraction of sp³-hybridized carbons (Fsp3) is 0.462. The number of urea groups is 1. The van der Waals surface area contributed by atoms with Crippen LogP contribution in [0.15, 0.2) is 22.7 Å². The maximum atomic E-state index is 12.4. The number of benzene rings is 1. The van der Waals surface area contributed by atoms with Gasteiger partial charge >= 0.3 is 6.03 Å². The van der Waals surface area contributed by atoms with Crippen molar-refractivity contribution in [1.29, 1.82) is 0 Å². The minimum atomic E-state index is 0.145. The first-order valence-electron chi connectivity index (χ1n) is 6.22. The van der Waals surface area contributed by atoms with Crippen LogP contribution in [0.3, 0.4) is 0 Å². The molecule has 2 aliphatic rings. The van der Waals surface area contributed by atoms with Gasteiger partial charge < -0.3 is 10.2 Å². The molecule has 0 spiro atoms. The molecule has 1 aromatic carbocycles. The van der Waals surface area contributed by atoms with Crippen molar-refractivity contribution in [3.63, 3.8) is 0 Å². The molecule has 0 bridgehead atoms. The average Bonchev–Trinajstić information content (AvgIpc) is 2.68. The number of halogens is 1. The van der Waals surface area contributed by atoms with E-state index in [-0.39, 0.29) is 6.03 Å². The molecule has 1 N–H and O–H groups in total. The lowest BCUT2D eigenvalue weighted by atomic mass is 10.2. The molecule has 2 aliphatic heterocycles. The summed E-state index contributed by atoms with van der Waals surface area (Å²) in [6.07, 6.45) is 0. The Morgan fingerprint density at radius 3 is 3.00 bits per heavy atom. The third-order valence-corrected chi connectivity index (χ3v) is 4.16. The quantitative estimate of drug-likeness (QED) is 0.861. The van der Waals surface area contributed by atoms with Gasteiger partial charge in [-0.1, -0.05) is 15.9 Å². The second kappa shape index (κ2) is 4.55. The third kappa shape index (κ3) is 1.91. The molecule has 0 aliphatic carbocycles. The summed E-state index contributed by atoms with van der Waals surface area (Å²) >= 11 is 3.46. The fourth-order valence-electron chi connectivity index (χ4n) is 2.74. The van der Waals surface area contributed by atoms with Crippen LogP contribution in [-0.2, 0) is 0 Å². The highest BCUT2D eigenvalue weighted by Crippen LogP contribution is 2.29. The van der Waals surface area contributed by atoms with E-state index in [2.05, 4.69) is 27.3 Å². The maximum Gasteiger partial charge on any atom is 0.324 e. The number of fused-ring (bicyclic) bond motifs is 1.